The van der Waals surface area contributed by atoms with E-state index in [1.54, 1.807) is 4.90 Å². The number of thiazole rings is 1. The van der Waals surface area contributed by atoms with Crippen LogP contribution in [0.15, 0.2) is 24.3 Å². The molecule has 0 spiro atoms. The molecule has 0 bridgehead atoms. The molecule has 2 heterocycles. The topological polar surface area (TPSA) is 71.5 Å². The van der Waals surface area contributed by atoms with Gasteiger partial charge in [0, 0.05) is 24.8 Å². The minimum Gasteiger partial charge on any atom is -0.484 e. The molecule has 2 aromatic rings. The van der Waals surface area contributed by atoms with E-state index < -0.39 is 0 Å². The number of ether oxygens (including phenoxy) is 1. The summed E-state index contributed by atoms with van der Waals surface area (Å²) < 4.78 is 5.64. The van der Waals surface area contributed by atoms with E-state index in [4.69, 9.17) is 4.74 Å². The molecule has 1 aliphatic rings. The number of rotatable bonds is 5. The zero-order valence-electron chi connectivity index (χ0n) is 15.2. The summed E-state index contributed by atoms with van der Waals surface area (Å²) >= 11 is 1.43. The van der Waals surface area contributed by atoms with Crippen LogP contribution in [-0.4, -0.2) is 34.8 Å². The van der Waals surface area contributed by atoms with Crippen molar-refractivity contribution in [2.45, 2.75) is 39.7 Å². The Morgan fingerprint density at radius 2 is 2.04 bits per heavy atom. The second-order valence-corrected chi connectivity index (χ2v) is 7.73. The fraction of sp³-hybridized carbons (Fsp3) is 0.421. The molecule has 0 saturated carbocycles. The van der Waals surface area contributed by atoms with Crippen molar-refractivity contribution in [3.05, 3.63) is 40.4 Å². The average molecular weight is 373 g/mol. The minimum atomic E-state index is -0.138. The van der Waals surface area contributed by atoms with E-state index in [9.17, 15) is 9.59 Å². The molecule has 1 N–H and O–H groups in total. The molecule has 2 amide bonds. The summed E-state index contributed by atoms with van der Waals surface area (Å²) in [5.41, 5.74) is 2.21. The summed E-state index contributed by atoms with van der Waals surface area (Å²) in [6.45, 7) is 6.89. The van der Waals surface area contributed by atoms with Crippen LogP contribution >= 0.6 is 11.3 Å². The van der Waals surface area contributed by atoms with Gasteiger partial charge in [-0.05, 0) is 23.6 Å². The van der Waals surface area contributed by atoms with Crippen LogP contribution in [-0.2, 0) is 22.6 Å². The van der Waals surface area contributed by atoms with Crippen LogP contribution in [0.4, 0.5) is 5.13 Å². The molecule has 1 aliphatic heterocycles. The third kappa shape index (κ3) is 4.40. The molecule has 0 fully saturated rings. The first-order chi connectivity index (χ1) is 12.4. The lowest BCUT2D eigenvalue weighted by Crippen LogP contribution is -2.38. The lowest BCUT2D eigenvalue weighted by Gasteiger charge is -2.26. The molecular weight excluding hydrogens is 350 g/mol. The van der Waals surface area contributed by atoms with Gasteiger partial charge in [0.25, 0.3) is 5.91 Å². The summed E-state index contributed by atoms with van der Waals surface area (Å²) in [6.07, 6.45) is 0.695. The smallest absolute Gasteiger partial charge is 0.260 e. The fourth-order valence-corrected chi connectivity index (χ4v) is 3.87. The van der Waals surface area contributed by atoms with Crippen molar-refractivity contribution in [3.63, 3.8) is 0 Å². The number of benzene rings is 1. The van der Waals surface area contributed by atoms with Gasteiger partial charge in [-0.1, -0.05) is 37.3 Å². The Hall–Kier alpha value is -2.41. The maximum absolute atomic E-state index is 12.5. The van der Waals surface area contributed by atoms with Crippen molar-refractivity contribution in [3.8, 4) is 5.75 Å². The van der Waals surface area contributed by atoms with Crippen LogP contribution in [0.5, 0.6) is 5.75 Å². The number of fused-ring (bicyclic) bond motifs is 1. The van der Waals surface area contributed by atoms with Crippen molar-refractivity contribution >= 4 is 28.3 Å². The number of hydrogen-bond acceptors (Lipinski definition) is 5. The first-order valence-electron chi connectivity index (χ1n) is 8.69. The van der Waals surface area contributed by atoms with Crippen LogP contribution in [0, 0.1) is 0 Å². The van der Waals surface area contributed by atoms with Gasteiger partial charge in [-0.25, -0.2) is 4.98 Å². The highest BCUT2D eigenvalue weighted by Crippen LogP contribution is 2.28. The Morgan fingerprint density at radius 1 is 1.31 bits per heavy atom. The normalized spacial score (nSPS) is 13.5. The number of anilines is 1. The van der Waals surface area contributed by atoms with Gasteiger partial charge in [0.1, 0.15) is 5.75 Å². The highest BCUT2D eigenvalue weighted by Gasteiger charge is 2.24. The van der Waals surface area contributed by atoms with Gasteiger partial charge in [-0.3, -0.25) is 9.59 Å². The summed E-state index contributed by atoms with van der Waals surface area (Å²) in [5.74, 6) is 0.986. The predicted molar refractivity (Wildman–Crippen MR) is 102 cm³/mol. The van der Waals surface area contributed by atoms with Gasteiger partial charge < -0.3 is 15.0 Å². The van der Waals surface area contributed by atoms with Gasteiger partial charge in [0.05, 0.1) is 12.2 Å². The first kappa shape index (κ1) is 18.4. The molecule has 1 aromatic carbocycles. The Bertz CT molecular complexity index is 799. The number of hydrogen-bond donors (Lipinski definition) is 1. The lowest BCUT2D eigenvalue weighted by atomic mass is 10.0. The third-order valence-corrected chi connectivity index (χ3v) is 5.27. The average Bonchev–Trinajstić information content (AvgIpc) is 3.00. The van der Waals surface area contributed by atoms with Gasteiger partial charge in [-0.2, -0.15) is 0 Å². The van der Waals surface area contributed by atoms with Crippen LogP contribution in [0.1, 0.15) is 42.8 Å². The summed E-state index contributed by atoms with van der Waals surface area (Å²) in [4.78, 5) is 30.8. The number of aromatic nitrogens is 1. The van der Waals surface area contributed by atoms with E-state index in [1.807, 2.05) is 24.3 Å². The highest BCUT2D eigenvalue weighted by atomic mass is 32.1. The van der Waals surface area contributed by atoms with E-state index in [1.165, 1.54) is 23.8 Å². The maximum atomic E-state index is 12.5. The van der Waals surface area contributed by atoms with Crippen LogP contribution in [0.25, 0.3) is 0 Å². The molecule has 3 rings (SSSR count). The lowest BCUT2D eigenvalue weighted by molar-refractivity contribution is -0.134. The van der Waals surface area contributed by atoms with E-state index in [-0.39, 0.29) is 18.4 Å². The number of carbonyl (C=O) groups excluding carboxylic acids is 2. The number of amides is 2. The SMILES string of the molecule is CC(=O)Nc1nc2c(s1)CN(C(=O)COc1ccc(C(C)C)cc1)CC2. The Balaban J connectivity index is 1.55. The maximum Gasteiger partial charge on any atom is 0.260 e. The minimum absolute atomic E-state index is 0.0215. The quantitative estimate of drug-likeness (QED) is 0.874. The van der Waals surface area contributed by atoms with Crippen molar-refractivity contribution in [1.29, 1.82) is 0 Å². The van der Waals surface area contributed by atoms with Crippen molar-refractivity contribution < 1.29 is 14.3 Å². The van der Waals surface area contributed by atoms with Gasteiger partial charge in [0.15, 0.2) is 11.7 Å². The van der Waals surface area contributed by atoms with Crippen molar-refractivity contribution in [2.24, 2.45) is 0 Å². The Kier molecular flexibility index (Phi) is 5.56. The Labute approximate surface area is 157 Å². The molecule has 0 atom stereocenters. The van der Waals surface area contributed by atoms with E-state index >= 15 is 0 Å². The molecule has 1 aromatic heterocycles. The van der Waals surface area contributed by atoms with Gasteiger partial charge >= 0.3 is 0 Å². The molecule has 0 saturated heterocycles. The molecule has 7 heteroatoms. The summed E-state index contributed by atoms with van der Waals surface area (Å²) in [6, 6.07) is 7.86. The summed E-state index contributed by atoms with van der Waals surface area (Å²) in [7, 11) is 0. The van der Waals surface area contributed by atoms with Gasteiger partial charge in [-0.15, -0.1) is 0 Å². The molecule has 0 radical (unpaired) electrons. The standard InChI is InChI=1S/C19H23N3O3S/c1-12(2)14-4-6-15(7-5-14)25-11-18(24)22-9-8-16-17(10-22)26-19(21-16)20-13(3)23/h4-7,12H,8-11H2,1-3H3,(H,20,21,23). The predicted octanol–water partition coefficient (Wildman–Crippen LogP) is 3.19. The number of nitrogens with one attached hydrogen (secondary N) is 1. The van der Waals surface area contributed by atoms with Crippen LogP contribution < -0.4 is 10.1 Å². The molecule has 26 heavy (non-hydrogen) atoms. The second kappa shape index (κ2) is 7.86. The summed E-state index contributed by atoms with van der Waals surface area (Å²) in [5, 5.41) is 3.30. The monoisotopic (exact) mass is 373 g/mol. The molecule has 0 aliphatic carbocycles. The third-order valence-electron chi connectivity index (χ3n) is 4.28. The number of nitrogens with zero attached hydrogens (tertiary/aromatic N) is 2. The fourth-order valence-electron chi connectivity index (χ4n) is 2.80. The Morgan fingerprint density at radius 3 is 2.69 bits per heavy atom. The largest absolute Gasteiger partial charge is 0.484 e. The van der Waals surface area contributed by atoms with Crippen molar-refractivity contribution in [1.82, 2.24) is 9.88 Å². The van der Waals surface area contributed by atoms with Crippen LogP contribution in [0.2, 0.25) is 0 Å². The van der Waals surface area contributed by atoms with E-state index in [0.29, 0.717) is 36.3 Å². The molecular formula is C19H23N3O3S. The first-order valence-corrected chi connectivity index (χ1v) is 9.50. The van der Waals surface area contributed by atoms with Crippen molar-refractivity contribution in [2.75, 3.05) is 18.5 Å². The molecule has 138 valence electrons. The molecule has 6 nitrogen and oxygen atoms in total. The zero-order valence-corrected chi connectivity index (χ0v) is 16.1. The van der Waals surface area contributed by atoms with Gasteiger partial charge in [0.2, 0.25) is 5.91 Å². The zero-order chi connectivity index (χ0) is 18.7. The van der Waals surface area contributed by atoms with E-state index in [0.717, 1.165) is 10.6 Å². The second-order valence-electron chi connectivity index (χ2n) is 6.65. The number of carbonyl (C=O) groups is 2. The van der Waals surface area contributed by atoms with Crippen LogP contribution in [0.3, 0.4) is 0 Å². The molecule has 0 unspecified atom stereocenters. The highest BCUT2D eigenvalue weighted by molar-refractivity contribution is 7.15. The van der Waals surface area contributed by atoms with E-state index in [2.05, 4.69) is 24.1 Å².